The van der Waals surface area contributed by atoms with Crippen molar-refractivity contribution in [2.75, 3.05) is 16.5 Å². The van der Waals surface area contributed by atoms with Crippen molar-refractivity contribution in [2.24, 2.45) is 0 Å². The van der Waals surface area contributed by atoms with Gasteiger partial charge in [-0.15, -0.1) is 0 Å². The summed E-state index contributed by atoms with van der Waals surface area (Å²) in [5.74, 6) is 0. The molecule has 1 aliphatic heterocycles. The van der Waals surface area contributed by atoms with Crippen molar-refractivity contribution >= 4 is 22.7 Å². The van der Waals surface area contributed by atoms with Gasteiger partial charge in [0.2, 0.25) is 0 Å². The molecule has 2 nitrogen and oxygen atoms in total. The summed E-state index contributed by atoms with van der Waals surface area (Å²) >= 11 is 0. The highest BCUT2D eigenvalue weighted by atomic mass is 15.4. The Kier molecular flexibility index (Phi) is 3.30. The van der Waals surface area contributed by atoms with Crippen molar-refractivity contribution < 1.29 is 0 Å². The average molecular weight is 300 g/mol. The highest BCUT2D eigenvalue weighted by Crippen LogP contribution is 2.44. The Balaban J connectivity index is 1.84. The zero-order valence-electron chi connectivity index (χ0n) is 13.5. The summed E-state index contributed by atoms with van der Waals surface area (Å²) in [5, 5.41) is 0. The number of hydrogen-bond acceptors (Lipinski definition) is 2. The van der Waals surface area contributed by atoms with Gasteiger partial charge in [0.15, 0.2) is 0 Å². The Morgan fingerprint density at radius 2 is 1.22 bits per heavy atom. The molecule has 0 spiro atoms. The van der Waals surface area contributed by atoms with E-state index in [2.05, 4.69) is 96.4 Å². The molecule has 3 aromatic rings. The van der Waals surface area contributed by atoms with Crippen molar-refractivity contribution in [1.29, 1.82) is 0 Å². The van der Waals surface area contributed by atoms with Gasteiger partial charge in [-0.2, -0.15) is 0 Å². The quantitative estimate of drug-likeness (QED) is 0.612. The fourth-order valence-corrected chi connectivity index (χ4v) is 3.28. The van der Waals surface area contributed by atoms with Gasteiger partial charge < -0.3 is 9.80 Å². The average Bonchev–Trinajstić information content (AvgIpc) is 2.98. The maximum atomic E-state index is 2.41. The largest absolute Gasteiger partial charge is 0.321 e. The molecule has 3 aromatic carbocycles. The lowest BCUT2D eigenvalue weighted by molar-refractivity contribution is 0.984. The van der Waals surface area contributed by atoms with Crippen molar-refractivity contribution in [3.05, 3.63) is 83.9 Å². The molecule has 0 radical (unpaired) electrons. The molecule has 0 saturated carbocycles. The van der Waals surface area contributed by atoms with Crippen LogP contribution in [0.15, 0.2) is 72.8 Å². The van der Waals surface area contributed by atoms with Crippen LogP contribution in [-0.4, -0.2) is 6.67 Å². The maximum Gasteiger partial charge on any atom is 0.100 e. The van der Waals surface area contributed by atoms with Gasteiger partial charge in [0.05, 0.1) is 11.4 Å². The monoisotopic (exact) mass is 300 g/mol. The molecule has 0 aliphatic carbocycles. The lowest BCUT2D eigenvalue weighted by Gasteiger charge is -2.24. The maximum absolute atomic E-state index is 2.41. The molecule has 0 unspecified atom stereocenters. The number of rotatable bonds is 2. The first-order chi connectivity index (χ1) is 11.3. The minimum absolute atomic E-state index is 0.841. The van der Waals surface area contributed by atoms with Crippen molar-refractivity contribution in [3.63, 3.8) is 0 Å². The van der Waals surface area contributed by atoms with Crippen LogP contribution >= 0.6 is 0 Å². The Hall–Kier alpha value is -2.74. The van der Waals surface area contributed by atoms with Gasteiger partial charge in [-0.3, -0.25) is 0 Å². The van der Waals surface area contributed by atoms with E-state index >= 15 is 0 Å². The second-order valence-corrected chi connectivity index (χ2v) is 6.04. The molecular formula is C21H20N2. The summed E-state index contributed by atoms with van der Waals surface area (Å²) in [4.78, 5) is 4.78. The van der Waals surface area contributed by atoms with E-state index in [9.17, 15) is 0 Å². The highest BCUT2D eigenvalue weighted by Gasteiger charge is 2.28. The number of para-hydroxylation sites is 3. The molecule has 1 aliphatic rings. The van der Waals surface area contributed by atoms with Crippen molar-refractivity contribution in [1.82, 2.24) is 0 Å². The topological polar surface area (TPSA) is 6.48 Å². The van der Waals surface area contributed by atoms with E-state index in [-0.39, 0.29) is 0 Å². The van der Waals surface area contributed by atoms with E-state index in [4.69, 9.17) is 0 Å². The third-order valence-corrected chi connectivity index (χ3v) is 4.68. The Morgan fingerprint density at radius 3 is 1.96 bits per heavy atom. The van der Waals surface area contributed by atoms with Crippen molar-refractivity contribution in [3.8, 4) is 0 Å². The molecule has 0 fully saturated rings. The predicted octanol–water partition coefficient (Wildman–Crippen LogP) is 5.55. The number of aryl methyl sites for hydroxylation is 1. The molecule has 23 heavy (non-hydrogen) atoms. The lowest BCUT2D eigenvalue weighted by atomic mass is 10.1. The summed E-state index contributed by atoms with van der Waals surface area (Å²) in [7, 11) is 0. The Labute approximate surface area is 137 Å². The van der Waals surface area contributed by atoms with Crippen LogP contribution < -0.4 is 9.80 Å². The summed E-state index contributed by atoms with van der Waals surface area (Å²) in [6.45, 7) is 5.22. The van der Waals surface area contributed by atoms with Crippen LogP contribution in [0, 0.1) is 13.8 Å². The van der Waals surface area contributed by atoms with Gasteiger partial charge >= 0.3 is 0 Å². The SMILES string of the molecule is Cc1cccc(N2CN(c3ccccc3)c3ccccc32)c1C. The standard InChI is InChI=1S/C21H20N2/c1-16-9-8-14-19(17(16)2)23-15-22(18-10-4-3-5-11-18)20-12-6-7-13-21(20)23/h3-14H,15H2,1-2H3. The Morgan fingerprint density at radius 1 is 0.609 bits per heavy atom. The lowest BCUT2D eigenvalue weighted by Crippen LogP contribution is -2.24. The van der Waals surface area contributed by atoms with E-state index in [1.807, 2.05) is 0 Å². The summed E-state index contributed by atoms with van der Waals surface area (Å²) < 4.78 is 0. The fraction of sp³-hybridized carbons (Fsp3) is 0.143. The number of fused-ring (bicyclic) bond motifs is 1. The van der Waals surface area contributed by atoms with Gasteiger partial charge in [0.1, 0.15) is 6.67 Å². The van der Waals surface area contributed by atoms with Gasteiger partial charge in [-0.1, -0.05) is 42.5 Å². The first kappa shape index (κ1) is 13.9. The molecule has 114 valence electrons. The van der Waals surface area contributed by atoms with Crippen LogP contribution in [-0.2, 0) is 0 Å². The van der Waals surface area contributed by atoms with Crippen LogP contribution in [0.5, 0.6) is 0 Å². The van der Waals surface area contributed by atoms with Gasteiger partial charge in [0, 0.05) is 11.4 Å². The molecule has 0 N–H and O–H groups in total. The zero-order chi connectivity index (χ0) is 15.8. The third-order valence-electron chi connectivity index (χ3n) is 4.68. The third kappa shape index (κ3) is 2.27. The van der Waals surface area contributed by atoms with Gasteiger partial charge in [0.25, 0.3) is 0 Å². The van der Waals surface area contributed by atoms with Crippen LogP contribution in [0.1, 0.15) is 11.1 Å². The van der Waals surface area contributed by atoms with Crippen LogP contribution in [0.3, 0.4) is 0 Å². The van der Waals surface area contributed by atoms with E-state index < -0.39 is 0 Å². The predicted molar refractivity (Wildman–Crippen MR) is 97.9 cm³/mol. The second-order valence-electron chi connectivity index (χ2n) is 6.04. The number of anilines is 4. The molecule has 2 heteroatoms. The Bertz CT molecular complexity index is 839. The molecule has 0 bridgehead atoms. The van der Waals surface area contributed by atoms with Gasteiger partial charge in [-0.05, 0) is 55.3 Å². The van der Waals surface area contributed by atoms with Crippen LogP contribution in [0.2, 0.25) is 0 Å². The second kappa shape index (κ2) is 5.47. The molecule has 0 amide bonds. The zero-order valence-corrected chi connectivity index (χ0v) is 13.5. The minimum atomic E-state index is 0.841. The molecule has 0 saturated heterocycles. The van der Waals surface area contributed by atoms with Crippen LogP contribution in [0.4, 0.5) is 22.7 Å². The van der Waals surface area contributed by atoms with Crippen LogP contribution in [0.25, 0.3) is 0 Å². The van der Waals surface area contributed by atoms with E-state index in [0.717, 1.165) is 6.67 Å². The minimum Gasteiger partial charge on any atom is -0.321 e. The molecule has 4 rings (SSSR count). The molecular weight excluding hydrogens is 280 g/mol. The summed E-state index contributed by atoms with van der Waals surface area (Å²) in [5.41, 5.74) is 7.73. The molecule has 0 aromatic heterocycles. The molecule has 1 heterocycles. The van der Waals surface area contributed by atoms with Gasteiger partial charge in [-0.25, -0.2) is 0 Å². The first-order valence-corrected chi connectivity index (χ1v) is 8.01. The van der Waals surface area contributed by atoms with E-state index in [1.165, 1.54) is 33.9 Å². The number of nitrogens with zero attached hydrogens (tertiary/aromatic N) is 2. The number of benzene rings is 3. The summed E-state index contributed by atoms with van der Waals surface area (Å²) in [6.07, 6.45) is 0. The highest BCUT2D eigenvalue weighted by molar-refractivity contribution is 5.87. The number of hydrogen-bond donors (Lipinski definition) is 0. The smallest absolute Gasteiger partial charge is 0.100 e. The molecule has 0 atom stereocenters. The first-order valence-electron chi connectivity index (χ1n) is 8.01. The van der Waals surface area contributed by atoms with E-state index in [1.54, 1.807) is 0 Å². The van der Waals surface area contributed by atoms with Crippen molar-refractivity contribution in [2.45, 2.75) is 13.8 Å². The summed E-state index contributed by atoms with van der Waals surface area (Å²) in [6, 6.07) is 25.8. The normalized spacial score (nSPS) is 13.3. The van der Waals surface area contributed by atoms with E-state index in [0.29, 0.717) is 0 Å². The fourth-order valence-electron chi connectivity index (χ4n) is 3.28.